The fourth-order valence-corrected chi connectivity index (χ4v) is 3.96. The molecule has 1 aliphatic heterocycles. The van der Waals surface area contributed by atoms with Crippen LogP contribution < -0.4 is 15.6 Å². The van der Waals surface area contributed by atoms with Crippen molar-refractivity contribution >= 4 is 52.9 Å². The summed E-state index contributed by atoms with van der Waals surface area (Å²) in [6.45, 7) is 8.26. The number of aryl methyl sites for hydroxylation is 1. The van der Waals surface area contributed by atoms with Gasteiger partial charge in [0.05, 0.1) is 16.3 Å². The van der Waals surface area contributed by atoms with Gasteiger partial charge in [0.15, 0.2) is 0 Å². The molecule has 0 spiro atoms. The number of hydrogen-bond acceptors (Lipinski definition) is 7. The SMILES string of the molecule is Cc1cccc(Nc2nc(NN=Cc3cccc(Cl)c3Cl)nc(N3CCC(C)CC3)n2)c1C. The topological polar surface area (TPSA) is 78.3 Å². The fraction of sp³-hybridized carbons (Fsp3) is 0.333. The van der Waals surface area contributed by atoms with Gasteiger partial charge in [0.2, 0.25) is 17.8 Å². The van der Waals surface area contributed by atoms with E-state index in [4.69, 9.17) is 28.2 Å². The Hall–Kier alpha value is -2.90. The number of halogens is 2. The van der Waals surface area contributed by atoms with Crippen molar-refractivity contribution in [1.29, 1.82) is 0 Å². The second-order valence-electron chi connectivity index (χ2n) is 8.34. The number of piperidine rings is 1. The van der Waals surface area contributed by atoms with Crippen LogP contribution in [0.4, 0.5) is 23.5 Å². The Balaban J connectivity index is 1.61. The Morgan fingerprint density at radius 3 is 2.52 bits per heavy atom. The van der Waals surface area contributed by atoms with Crippen molar-refractivity contribution in [2.24, 2.45) is 11.0 Å². The molecular formula is C24H27Cl2N7. The Morgan fingerprint density at radius 1 is 1.00 bits per heavy atom. The summed E-state index contributed by atoms with van der Waals surface area (Å²) in [5.41, 5.74) is 6.92. The highest BCUT2D eigenvalue weighted by atomic mass is 35.5. The lowest BCUT2D eigenvalue weighted by atomic mass is 10.00. The third-order valence-corrected chi connectivity index (χ3v) is 6.72. The van der Waals surface area contributed by atoms with E-state index >= 15 is 0 Å². The minimum atomic E-state index is 0.348. The zero-order chi connectivity index (χ0) is 23.4. The highest BCUT2D eigenvalue weighted by Crippen LogP contribution is 2.26. The van der Waals surface area contributed by atoms with Crippen molar-refractivity contribution in [2.75, 3.05) is 28.7 Å². The van der Waals surface area contributed by atoms with E-state index in [9.17, 15) is 0 Å². The maximum absolute atomic E-state index is 6.25. The first-order chi connectivity index (χ1) is 15.9. The summed E-state index contributed by atoms with van der Waals surface area (Å²) in [6.07, 6.45) is 3.82. The molecule has 7 nitrogen and oxygen atoms in total. The molecular weight excluding hydrogens is 457 g/mol. The van der Waals surface area contributed by atoms with Crippen LogP contribution in [0.1, 0.15) is 36.5 Å². The van der Waals surface area contributed by atoms with Crippen LogP contribution in [0.3, 0.4) is 0 Å². The summed E-state index contributed by atoms with van der Waals surface area (Å²) in [5, 5.41) is 8.54. The lowest BCUT2D eigenvalue weighted by molar-refractivity contribution is 0.434. The molecule has 0 aliphatic carbocycles. The molecule has 0 amide bonds. The minimum absolute atomic E-state index is 0.348. The van der Waals surface area contributed by atoms with E-state index in [0.717, 1.165) is 37.2 Å². The molecule has 172 valence electrons. The Kier molecular flexibility index (Phi) is 7.30. The van der Waals surface area contributed by atoms with Crippen LogP contribution in [0.5, 0.6) is 0 Å². The van der Waals surface area contributed by atoms with Crippen LogP contribution in [0.25, 0.3) is 0 Å². The van der Waals surface area contributed by atoms with Crippen molar-refractivity contribution in [2.45, 2.75) is 33.6 Å². The summed E-state index contributed by atoms with van der Waals surface area (Å²) in [7, 11) is 0. The highest BCUT2D eigenvalue weighted by molar-refractivity contribution is 6.43. The number of rotatable bonds is 6. The molecule has 1 saturated heterocycles. The van der Waals surface area contributed by atoms with E-state index in [-0.39, 0.29) is 0 Å². The van der Waals surface area contributed by atoms with Crippen LogP contribution in [-0.2, 0) is 0 Å². The van der Waals surface area contributed by atoms with Crippen LogP contribution in [0, 0.1) is 19.8 Å². The number of benzene rings is 2. The zero-order valence-electron chi connectivity index (χ0n) is 18.9. The van der Waals surface area contributed by atoms with E-state index in [2.05, 4.69) is 57.5 Å². The van der Waals surface area contributed by atoms with Gasteiger partial charge in [0, 0.05) is 24.3 Å². The maximum Gasteiger partial charge on any atom is 0.250 e. The number of nitrogens with one attached hydrogen (secondary N) is 2. The first kappa shape index (κ1) is 23.3. The van der Waals surface area contributed by atoms with Gasteiger partial charge in [-0.25, -0.2) is 5.43 Å². The average Bonchev–Trinajstić information content (AvgIpc) is 2.80. The van der Waals surface area contributed by atoms with E-state index < -0.39 is 0 Å². The summed E-state index contributed by atoms with van der Waals surface area (Å²) < 4.78 is 0. The van der Waals surface area contributed by atoms with E-state index in [0.29, 0.717) is 39.4 Å². The zero-order valence-corrected chi connectivity index (χ0v) is 20.5. The Labute approximate surface area is 204 Å². The van der Waals surface area contributed by atoms with Gasteiger partial charge in [0.25, 0.3) is 0 Å². The summed E-state index contributed by atoms with van der Waals surface area (Å²) in [4.78, 5) is 16.0. The van der Waals surface area contributed by atoms with Gasteiger partial charge in [-0.05, 0) is 55.9 Å². The first-order valence-corrected chi connectivity index (χ1v) is 11.7. The molecule has 2 N–H and O–H groups in total. The summed E-state index contributed by atoms with van der Waals surface area (Å²) in [6, 6.07) is 11.5. The molecule has 0 saturated carbocycles. The lowest BCUT2D eigenvalue weighted by Crippen LogP contribution is -2.34. The Morgan fingerprint density at radius 2 is 1.73 bits per heavy atom. The highest BCUT2D eigenvalue weighted by Gasteiger charge is 2.20. The lowest BCUT2D eigenvalue weighted by Gasteiger charge is -2.30. The first-order valence-electron chi connectivity index (χ1n) is 11.0. The molecule has 33 heavy (non-hydrogen) atoms. The van der Waals surface area contributed by atoms with E-state index in [1.807, 2.05) is 24.3 Å². The molecule has 1 aromatic heterocycles. The maximum atomic E-state index is 6.25. The quantitative estimate of drug-likeness (QED) is 0.320. The smallest absolute Gasteiger partial charge is 0.250 e. The van der Waals surface area contributed by atoms with Crippen LogP contribution in [0.2, 0.25) is 10.0 Å². The number of anilines is 4. The predicted octanol–water partition coefficient (Wildman–Crippen LogP) is 6.22. The van der Waals surface area contributed by atoms with Crippen molar-refractivity contribution in [3.05, 3.63) is 63.1 Å². The van der Waals surface area contributed by atoms with Crippen molar-refractivity contribution in [3.63, 3.8) is 0 Å². The van der Waals surface area contributed by atoms with Crippen LogP contribution in [0.15, 0.2) is 41.5 Å². The van der Waals surface area contributed by atoms with Gasteiger partial charge in [-0.2, -0.15) is 20.1 Å². The van der Waals surface area contributed by atoms with Crippen molar-refractivity contribution in [3.8, 4) is 0 Å². The van der Waals surface area contributed by atoms with Crippen LogP contribution in [-0.4, -0.2) is 34.3 Å². The van der Waals surface area contributed by atoms with Crippen molar-refractivity contribution in [1.82, 2.24) is 15.0 Å². The van der Waals surface area contributed by atoms with Crippen molar-refractivity contribution < 1.29 is 0 Å². The molecule has 2 aromatic carbocycles. The third kappa shape index (κ3) is 5.72. The summed E-state index contributed by atoms with van der Waals surface area (Å²) >= 11 is 12.3. The fourth-order valence-electron chi connectivity index (χ4n) is 3.61. The number of hydrazone groups is 1. The monoisotopic (exact) mass is 483 g/mol. The van der Waals surface area contributed by atoms with Gasteiger partial charge < -0.3 is 10.2 Å². The third-order valence-electron chi connectivity index (χ3n) is 5.89. The predicted molar refractivity (Wildman–Crippen MR) is 137 cm³/mol. The summed E-state index contributed by atoms with van der Waals surface area (Å²) in [5.74, 6) is 2.15. The number of aromatic nitrogens is 3. The standard InChI is InChI=1S/C24H27Cl2N7/c1-15-10-12-33(13-11-15)24-30-22(28-20-9-4-6-16(2)17(20)3)29-23(31-24)32-27-14-18-7-5-8-19(25)21(18)26/h4-9,14-15H,10-13H2,1-3H3,(H2,28,29,30,31,32). The van der Waals surface area contributed by atoms with Gasteiger partial charge in [-0.1, -0.05) is 54.4 Å². The molecule has 0 unspecified atom stereocenters. The second-order valence-corrected chi connectivity index (χ2v) is 9.12. The van der Waals surface area contributed by atoms with Gasteiger partial charge in [-0.3, -0.25) is 0 Å². The molecule has 3 aromatic rings. The van der Waals surface area contributed by atoms with E-state index in [1.165, 1.54) is 5.56 Å². The molecule has 0 atom stereocenters. The minimum Gasteiger partial charge on any atom is -0.341 e. The molecule has 0 bridgehead atoms. The van der Waals surface area contributed by atoms with Gasteiger partial charge in [-0.15, -0.1) is 0 Å². The molecule has 2 heterocycles. The van der Waals surface area contributed by atoms with Crippen LogP contribution >= 0.6 is 23.2 Å². The second kappa shape index (κ2) is 10.4. The molecule has 0 radical (unpaired) electrons. The van der Waals surface area contributed by atoms with Gasteiger partial charge in [0.1, 0.15) is 0 Å². The number of hydrogen-bond donors (Lipinski definition) is 2. The Bertz CT molecular complexity index is 1160. The molecule has 1 fully saturated rings. The average molecular weight is 484 g/mol. The molecule has 9 heteroatoms. The van der Waals surface area contributed by atoms with E-state index in [1.54, 1.807) is 12.3 Å². The molecule has 1 aliphatic rings. The molecule has 4 rings (SSSR count). The van der Waals surface area contributed by atoms with Gasteiger partial charge >= 0.3 is 0 Å². The normalized spacial score (nSPS) is 14.6. The number of nitrogens with zero attached hydrogens (tertiary/aromatic N) is 5. The largest absolute Gasteiger partial charge is 0.341 e.